The van der Waals surface area contributed by atoms with Gasteiger partial charge in [-0.15, -0.1) is 0 Å². The third-order valence-corrected chi connectivity index (χ3v) is 2.04. The smallest absolute Gasteiger partial charge is 0.377 e. The van der Waals surface area contributed by atoms with Gasteiger partial charge in [-0.3, -0.25) is 0 Å². The van der Waals surface area contributed by atoms with Crippen molar-refractivity contribution < 1.29 is 14.4 Å². The Morgan fingerprint density at radius 3 is 3.08 bits per heavy atom. The van der Waals surface area contributed by atoms with Crippen molar-refractivity contribution in [1.29, 1.82) is 0 Å². The van der Waals surface area contributed by atoms with Gasteiger partial charge in [-0.25, -0.2) is 4.79 Å². The Morgan fingerprint density at radius 2 is 2.54 bits per heavy atom. The first-order valence-corrected chi connectivity index (χ1v) is 4.05. The highest BCUT2D eigenvalue weighted by Gasteiger charge is 2.24. The van der Waals surface area contributed by atoms with Crippen LogP contribution in [0.5, 0.6) is 0 Å². The molecular weight excluding hydrogens is 174 g/mol. The van der Waals surface area contributed by atoms with E-state index in [2.05, 4.69) is 15.5 Å². The molecule has 0 aromatic carbocycles. The normalized spacial score (nSPS) is 22.0. The summed E-state index contributed by atoms with van der Waals surface area (Å²) in [5, 5.41) is 15.0. The monoisotopic (exact) mass is 183 g/mol. The minimum atomic E-state index is -1.15. The van der Waals surface area contributed by atoms with Gasteiger partial charge in [-0.2, -0.15) is 4.98 Å². The lowest BCUT2D eigenvalue weighted by Gasteiger charge is -1.97. The van der Waals surface area contributed by atoms with Crippen LogP contribution in [0.25, 0.3) is 0 Å². The molecule has 1 atom stereocenters. The first-order chi connectivity index (χ1) is 6.27. The van der Waals surface area contributed by atoms with E-state index in [-0.39, 0.29) is 11.7 Å². The largest absolute Gasteiger partial charge is 0.475 e. The van der Waals surface area contributed by atoms with Crippen LogP contribution in [0.3, 0.4) is 0 Å². The second-order valence-corrected chi connectivity index (χ2v) is 2.95. The molecule has 70 valence electrons. The molecule has 0 aliphatic carbocycles. The van der Waals surface area contributed by atoms with Crippen LogP contribution in [-0.4, -0.2) is 34.3 Å². The van der Waals surface area contributed by atoms with E-state index in [9.17, 15) is 4.79 Å². The minimum absolute atomic E-state index is 0.167. The maximum Gasteiger partial charge on any atom is 0.377 e. The molecule has 0 amide bonds. The molecule has 0 radical (unpaired) electrons. The molecule has 0 spiro atoms. The number of carbonyl (C=O) groups is 1. The molecule has 2 heterocycles. The van der Waals surface area contributed by atoms with Crippen molar-refractivity contribution in [1.82, 2.24) is 15.5 Å². The third kappa shape index (κ3) is 1.52. The van der Waals surface area contributed by atoms with Crippen LogP contribution in [0, 0.1) is 0 Å². The van der Waals surface area contributed by atoms with E-state index in [1.54, 1.807) is 0 Å². The van der Waals surface area contributed by atoms with Crippen LogP contribution in [-0.2, 0) is 0 Å². The number of aromatic carboxylic acids is 1. The average Bonchev–Trinajstić information content (AvgIpc) is 2.75. The predicted molar refractivity (Wildman–Crippen MR) is 41.5 cm³/mol. The van der Waals surface area contributed by atoms with Gasteiger partial charge in [0.2, 0.25) is 5.89 Å². The summed E-state index contributed by atoms with van der Waals surface area (Å²) >= 11 is 0. The third-order valence-electron chi connectivity index (χ3n) is 2.04. The maximum atomic E-state index is 10.4. The summed E-state index contributed by atoms with van der Waals surface area (Å²) < 4.78 is 4.83. The number of hydrogen-bond acceptors (Lipinski definition) is 5. The molecule has 1 aromatic heterocycles. The zero-order valence-corrected chi connectivity index (χ0v) is 6.86. The van der Waals surface area contributed by atoms with Gasteiger partial charge >= 0.3 is 5.97 Å². The van der Waals surface area contributed by atoms with Crippen LogP contribution in [0.1, 0.15) is 28.8 Å². The molecule has 0 bridgehead atoms. The molecule has 1 aromatic rings. The number of carboxylic acid groups (broad SMARTS) is 1. The lowest BCUT2D eigenvalue weighted by atomic mass is 10.1. The van der Waals surface area contributed by atoms with Gasteiger partial charge in [0.05, 0.1) is 5.92 Å². The Labute approximate surface area is 73.9 Å². The van der Waals surface area contributed by atoms with Crippen molar-refractivity contribution in [3.63, 3.8) is 0 Å². The number of nitrogens with zero attached hydrogens (tertiary/aromatic N) is 2. The van der Waals surface area contributed by atoms with Gasteiger partial charge in [0.15, 0.2) is 0 Å². The number of aromatic nitrogens is 2. The van der Waals surface area contributed by atoms with E-state index >= 15 is 0 Å². The summed E-state index contributed by atoms with van der Waals surface area (Å²) in [5.74, 6) is -0.828. The summed E-state index contributed by atoms with van der Waals surface area (Å²) in [4.78, 5) is 14.2. The van der Waals surface area contributed by atoms with E-state index in [1.807, 2.05) is 0 Å². The molecule has 6 nitrogen and oxygen atoms in total. The quantitative estimate of drug-likeness (QED) is 0.662. The Hall–Kier alpha value is -1.43. The molecule has 0 saturated carbocycles. The highest BCUT2D eigenvalue weighted by Crippen LogP contribution is 2.19. The van der Waals surface area contributed by atoms with E-state index in [0.717, 1.165) is 19.5 Å². The number of nitrogens with one attached hydrogen (secondary N) is 1. The first kappa shape index (κ1) is 8.18. The molecule has 2 N–H and O–H groups in total. The van der Waals surface area contributed by atoms with Crippen LogP contribution >= 0.6 is 0 Å². The van der Waals surface area contributed by atoms with Crippen molar-refractivity contribution in [3.8, 4) is 0 Å². The second kappa shape index (κ2) is 3.14. The molecule has 1 aliphatic rings. The van der Waals surface area contributed by atoms with Gasteiger partial charge in [-0.1, -0.05) is 0 Å². The van der Waals surface area contributed by atoms with E-state index < -0.39 is 5.97 Å². The number of rotatable bonds is 2. The zero-order valence-electron chi connectivity index (χ0n) is 6.86. The topological polar surface area (TPSA) is 88.2 Å². The van der Waals surface area contributed by atoms with Gasteiger partial charge in [0, 0.05) is 6.54 Å². The fraction of sp³-hybridized carbons (Fsp3) is 0.571. The maximum absolute atomic E-state index is 10.4. The molecule has 6 heteroatoms. The molecule has 1 saturated heterocycles. The highest BCUT2D eigenvalue weighted by molar-refractivity contribution is 5.82. The minimum Gasteiger partial charge on any atom is -0.475 e. The fourth-order valence-corrected chi connectivity index (χ4v) is 1.35. The summed E-state index contributed by atoms with van der Waals surface area (Å²) in [6, 6.07) is 0. The molecule has 13 heavy (non-hydrogen) atoms. The summed E-state index contributed by atoms with van der Waals surface area (Å²) in [6.07, 6.45) is 0.918. The van der Waals surface area contributed by atoms with Crippen molar-refractivity contribution in [2.45, 2.75) is 12.3 Å². The van der Waals surface area contributed by atoms with Gasteiger partial charge in [0.25, 0.3) is 5.82 Å². The van der Waals surface area contributed by atoms with Crippen molar-refractivity contribution in [3.05, 3.63) is 11.7 Å². The zero-order chi connectivity index (χ0) is 9.26. The van der Waals surface area contributed by atoms with E-state index in [0.29, 0.717) is 5.89 Å². The van der Waals surface area contributed by atoms with Gasteiger partial charge in [-0.05, 0) is 18.1 Å². The lowest BCUT2D eigenvalue weighted by Crippen LogP contribution is -2.08. The molecule has 1 unspecified atom stereocenters. The average molecular weight is 183 g/mol. The molecule has 1 aliphatic heterocycles. The van der Waals surface area contributed by atoms with E-state index in [4.69, 9.17) is 9.63 Å². The van der Waals surface area contributed by atoms with Crippen molar-refractivity contribution >= 4 is 5.97 Å². The molecule has 2 rings (SSSR count). The lowest BCUT2D eigenvalue weighted by molar-refractivity contribution is 0.0680. The summed E-state index contributed by atoms with van der Waals surface area (Å²) in [6.45, 7) is 1.69. The van der Waals surface area contributed by atoms with Crippen LogP contribution in [0.15, 0.2) is 4.52 Å². The highest BCUT2D eigenvalue weighted by atomic mass is 16.5. The fourth-order valence-electron chi connectivity index (χ4n) is 1.35. The molecular formula is C7H9N3O3. The SMILES string of the molecule is O=C(O)c1noc(C2CCNC2)n1. The van der Waals surface area contributed by atoms with Crippen molar-refractivity contribution in [2.24, 2.45) is 0 Å². The van der Waals surface area contributed by atoms with Gasteiger partial charge < -0.3 is 14.9 Å². The number of hydrogen-bond donors (Lipinski definition) is 2. The second-order valence-electron chi connectivity index (χ2n) is 2.95. The Bertz CT molecular complexity index is 317. The van der Waals surface area contributed by atoms with Gasteiger partial charge in [0.1, 0.15) is 0 Å². The molecule has 1 fully saturated rings. The van der Waals surface area contributed by atoms with Crippen LogP contribution < -0.4 is 5.32 Å². The first-order valence-electron chi connectivity index (χ1n) is 4.05. The van der Waals surface area contributed by atoms with Crippen LogP contribution in [0.2, 0.25) is 0 Å². The summed E-state index contributed by atoms with van der Waals surface area (Å²) in [5.41, 5.74) is 0. The standard InChI is InChI=1S/C7H9N3O3/c11-7(12)5-9-6(13-10-5)4-1-2-8-3-4/h4,8H,1-3H2,(H,11,12). The number of carboxylic acids is 1. The van der Waals surface area contributed by atoms with Crippen molar-refractivity contribution in [2.75, 3.05) is 13.1 Å². The summed E-state index contributed by atoms with van der Waals surface area (Å²) in [7, 11) is 0. The Morgan fingerprint density at radius 1 is 1.69 bits per heavy atom. The predicted octanol–water partition coefficient (Wildman–Crippen LogP) is -0.155. The van der Waals surface area contributed by atoms with Crippen LogP contribution in [0.4, 0.5) is 0 Å². The Kier molecular flexibility index (Phi) is 1.97. The van der Waals surface area contributed by atoms with E-state index in [1.165, 1.54) is 0 Å². The Balaban J connectivity index is 2.16.